The number of phenolic OH excluding ortho intramolecular Hbond substituents is 2. The Labute approximate surface area is 172 Å². The number of benzene rings is 2. The van der Waals surface area contributed by atoms with Gasteiger partial charge in [0.2, 0.25) is 0 Å². The second-order valence-electron chi connectivity index (χ2n) is 7.19. The van der Waals surface area contributed by atoms with E-state index in [0.717, 1.165) is 24.6 Å². The average molecular weight is 418 g/mol. The quantitative estimate of drug-likeness (QED) is 0.230. The van der Waals surface area contributed by atoms with Crippen molar-refractivity contribution >= 4 is 28.2 Å². The van der Waals surface area contributed by atoms with Gasteiger partial charge < -0.3 is 29.9 Å². The molecule has 1 saturated carbocycles. The summed E-state index contributed by atoms with van der Waals surface area (Å²) in [4.78, 5) is 20.1. The molecule has 1 aliphatic rings. The minimum atomic E-state index is -0.533. The molecule has 30 heavy (non-hydrogen) atoms. The van der Waals surface area contributed by atoms with Crippen molar-refractivity contribution in [1.29, 1.82) is 0 Å². The minimum absolute atomic E-state index is 0.0166. The molecule has 8 heteroatoms. The minimum Gasteiger partial charge on any atom is -0.508 e. The van der Waals surface area contributed by atoms with Crippen molar-refractivity contribution < 1.29 is 34.7 Å². The molecule has 2 atom stereocenters. The maximum absolute atomic E-state index is 11.7. The van der Waals surface area contributed by atoms with E-state index in [0.29, 0.717) is 28.7 Å². The van der Waals surface area contributed by atoms with Crippen molar-refractivity contribution in [1.82, 2.24) is 0 Å². The highest BCUT2D eigenvalue weighted by molar-refractivity contribution is 6.04. The second-order valence-corrected chi connectivity index (χ2v) is 7.19. The number of phenols is 2. The van der Waals surface area contributed by atoms with Gasteiger partial charge in [0.15, 0.2) is 0 Å². The first-order valence-electron chi connectivity index (χ1n) is 9.61. The summed E-state index contributed by atoms with van der Waals surface area (Å²) in [5.74, 6) is 0.598. The predicted octanol–water partition coefficient (Wildman–Crippen LogP) is 2.98. The molecule has 2 unspecified atom stereocenters. The van der Waals surface area contributed by atoms with Gasteiger partial charge in [0, 0.05) is 16.8 Å². The van der Waals surface area contributed by atoms with Gasteiger partial charge in [0.05, 0.1) is 17.6 Å². The molecule has 2 aromatic carbocycles. The van der Waals surface area contributed by atoms with Crippen molar-refractivity contribution in [3.8, 4) is 11.5 Å². The largest absolute Gasteiger partial charge is 0.508 e. The van der Waals surface area contributed by atoms with Gasteiger partial charge in [-0.3, -0.25) is 4.79 Å². The van der Waals surface area contributed by atoms with E-state index in [4.69, 9.17) is 14.3 Å². The van der Waals surface area contributed by atoms with Crippen LogP contribution < -0.4 is 5.63 Å². The number of carbonyl (C=O) groups is 1. The van der Waals surface area contributed by atoms with Gasteiger partial charge in [-0.2, -0.15) is 0 Å². The number of rotatable bonds is 1. The second kappa shape index (κ2) is 10.6. The molecule has 162 valence electrons. The number of fused-ring (bicyclic) bond motifs is 3. The average Bonchev–Trinajstić information content (AvgIpc) is 2.68. The summed E-state index contributed by atoms with van der Waals surface area (Å²) in [5, 5.41) is 45.7. The monoisotopic (exact) mass is 418 g/mol. The maximum atomic E-state index is 11.7. The smallest absolute Gasteiger partial charge is 0.344 e. The lowest BCUT2D eigenvalue weighted by molar-refractivity contribution is -0.122. The Balaban J connectivity index is 0.000000210. The highest BCUT2D eigenvalue weighted by Gasteiger charge is 2.24. The summed E-state index contributed by atoms with van der Waals surface area (Å²) < 4.78 is 5.08. The van der Waals surface area contributed by atoms with Crippen LogP contribution in [0.2, 0.25) is 0 Å². The summed E-state index contributed by atoms with van der Waals surface area (Å²) in [6.45, 7) is 1.86. The molecule has 0 saturated heterocycles. The van der Waals surface area contributed by atoms with E-state index >= 15 is 0 Å². The Bertz CT molecular complexity index is 1030. The van der Waals surface area contributed by atoms with E-state index in [-0.39, 0.29) is 30.2 Å². The number of hydrogen-bond acceptors (Lipinski definition) is 7. The summed E-state index contributed by atoms with van der Waals surface area (Å²) >= 11 is 0. The van der Waals surface area contributed by atoms with E-state index in [2.05, 4.69) is 6.92 Å². The van der Waals surface area contributed by atoms with Crippen LogP contribution in [0, 0.1) is 5.92 Å². The van der Waals surface area contributed by atoms with Crippen LogP contribution in [0.15, 0.2) is 45.6 Å². The van der Waals surface area contributed by atoms with Crippen molar-refractivity contribution in [3.63, 3.8) is 0 Å². The Hall–Kier alpha value is -3.10. The van der Waals surface area contributed by atoms with Crippen molar-refractivity contribution in [2.24, 2.45) is 5.92 Å². The van der Waals surface area contributed by atoms with Gasteiger partial charge in [0.25, 0.3) is 6.47 Å². The van der Waals surface area contributed by atoms with Crippen LogP contribution in [-0.2, 0) is 4.79 Å². The van der Waals surface area contributed by atoms with Crippen molar-refractivity contribution in [3.05, 3.63) is 46.8 Å². The summed E-state index contributed by atoms with van der Waals surface area (Å²) in [7, 11) is 0. The third-order valence-corrected chi connectivity index (χ3v) is 5.01. The molecular weight excluding hydrogens is 392 g/mol. The molecular formula is C22H26O8. The number of aliphatic hydroxyl groups is 2. The van der Waals surface area contributed by atoms with Crippen LogP contribution in [0.3, 0.4) is 0 Å². The molecule has 0 aliphatic heterocycles. The lowest BCUT2D eigenvalue weighted by Crippen LogP contribution is -2.29. The molecule has 5 N–H and O–H groups in total. The van der Waals surface area contributed by atoms with Gasteiger partial charge in [0.1, 0.15) is 17.1 Å². The Morgan fingerprint density at radius 3 is 2.03 bits per heavy atom. The zero-order valence-electron chi connectivity index (χ0n) is 16.6. The number of carboxylic acid groups (broad SMARTS) is 1. The first-order chi connectivity index (χ1) is 14.3. The van der Waals surface area contributed by atoms with E-state index in [1.807, 2.05) is 0 Å². The van der Waals surface area contributed by atoms with E-state index in [9.17, 15) is 25.2 Å². The first-order valence-corrected chi connectivity index (χ1v) is 9.61. The molecule has 8 nitrogen and oxygen atoms in total. The Morgan fingerprint density at radius 1 is 0.933 bits per heavy atom. The van der Waals surface area contributed by atoms with Crippen LogP contribution in [0.5, 0.6) is 11.5 Å². The van der Waals surface area contributed by atoms with E-state index in [1.54, 1.807) is 12.1 Å². The van der Waals surface area contributed by atoms with Gasteiger partial charge in [-0.05, 0) is 55.5 Å². The molecule has 3 aromatic rings. The number of aliphatic hydroxyl groups excluding tert-OH is 2. The molecule has 0 radical (unpaired) electrons. The zero-order chi connectivity index (χ0) is 22.3. The standard InChI is InChI=1S/C13H8O4.C8H16O2.CH2O2/c14-7-1-3-9-10-4-2-8(15)6-12(10)17-13(16)11(9)5-7;1-2-6-3-7(9)5-8(10)4-6;2-1-3/h1-6,14-15H;6-10H,2-5H2,1H3;1H,(H,2,3). The molecule has 0 spiro atoms. The van der Waals surface area contributed by atoms with Crippen molar-refractivity contribution in [2.45, 2.75) is 44.8 Å². The third kappa shape index (κ3) is 5.95. The maximum Gasteiger partial charge on any atom is 0.344 e. The van der Waals surface area contributed by atoms with Gasteiger partial charge in [-0.15, -0.1) is 0 Å². The van der Waals surface area contributed by atoms with Crippen LogP contribution in [0.4, 0.5) is 0 Å². The lowest BCUT2D eigenvalue weighted by Gasteiger charge is -2.28. The fraction of sp³-hybridized carbons (Fsp3) is 0.364. The molecule has 1 aromatic heterocycles. The summed E-state index contributed by atoms with van der Waals surface area (Å²) in [5.41, 5.74) is -0.206. The molecule has 1 aliphatic carbocycles. The predicted molar refractivity (Wildman–Crippen MR) is 112 cm³/mol. The Morgan fingerprint density at radius 2 is 1.47 bits per heavy atom. The summed E-state index contributed by atoms with van der Waals surface area (Å²) in [6.07, 6.45) is 2.91. The molecule has 1 fully saturated rings. The molecule has 1 heterocycles. The first kappa shape index (κ1) is 23.2. The topological polar surface area (TPSA) is 148 Å². The summed E-state index contributed by atoms with van der Waals surface area (Å²) in [6, 6.07) is 9.12. The normalized spacial score (nSPS) is 20.6. The van der Waals surface area contributed by atoms with Crippen LogP contribution in [0.25, 0.3) is 21.7 Å². The molecule has 4 rings (SSSR count). The van der Waals surface area contributed by atoms with Gasteiger partial charge in [-0.1, -0.05) is 13.3 Å². The molecule has 0 amide bonds. The third-order valence-electron chi connectivity index (χ3n) is 5.01. The van der Waals surface area contributed by atoms with Gasteiger partial charge >= 0.3 is 5.63 Å². The van der Waals surface area contributed by atoms with Crippen LogP contribution in [-0.4, -0.2) is 44.2 Å². The lowest BCUT2D eigenvalue weighted by atomic mass is 9.84. The Kier molecular flexibility index (Phi) is 8.20. The number of hydrogen-bond donors (Lipinski definition) is 5. The SMILES string of the molecule is CCC1CC(O)CC(O)C1.O=CO.O=c1oc2cc(O)ccc2c2ccc(O)cc12. The van der Waals surface area contributed by atoms with Crippen LogP contribution in [0.1, 0.15) is 32.6 Å². The van der Waals surface area contributed by atoms with Gasteiger partial charge in [-0.25, -0.2) is 4.79 Å². The van der Waals surface area contributed by atoms with Crippen LogP contribution >= 0.6 is 0 Å². The fourth-order valence-electron chi connectivity index (χ4n) is 3.61. The van der Waals surface area contributed by atoms with Crippen molar-refractivity contribution in [2.75, 3.05) is 0 Å². The zero-order valence-corrected chi connectivity index (χ0v) is 16.6. The van der Waals surface area contributed by atoms with E-state index in [1.165, 1.54) is 24.3 Å². The van der Waals surface area contributed by atoms with E-state index < -0.39 is 5.63 Å². The number of aromatic hydroxyl groups is 2. The highest BCUT2D eigenvalue weighted by atomic mass is 16.4. The highest BCUT2D eigenvalue weighted by Crippen LogP contribution is 2.28. The molecule has 0 bridgehead atoms. The fourth-order valence-corrected chi connectivity index (χ4v) is 3.61.